The first-order valence-corrected chi connectivity index (χ1v) is 5.35. The number of carbonyl (C=O) groups is 1. The molecule has 1 amide bonds. The average Bonchev–Trinajstić information content (AvgIpc) is 2.74. The largest absolute Gasteiger partial charge is 0.358 e. The number of thiocarbonyl (C=S) groups is 1. The molecule has 1 saturated carbocycles. The molecule has 3 rings (SSSR count). The summed E-state index contributed by atoms with van der Waals surface area (Å²) in [6.45, 7) is 0. The lowest BCUT2D eigenvalue weighted by Crippen LogP contribution is -2.59. The Labute approximate surface area is 88.1 Å². The number of rotatable bonds is 0. The topological polar surface area (TPSA) is 32.3 Å². The normalized spacial score (nSPS) is 44.2. The Morgan fingerprint density at radius 2 is 2.21 bits per heavy atom. The molecule has 3 aliphatic rings. The summed E-state index contributed by atoms with van der Waals surface area (Å²) in [6.07, 6.45) is 5.53. The van der Waals surface area contributed by atoms with Gasteiger partial charge < -0.3 is 5.32 Å². The molecule has 14 heavy (non-hydrogen) atoms. The van der Waals surface area contributed by atoms with Gasteiger partial charge in [0.2, 0.25) is 5.91 Å². The summed E-state index contributed by atoms with van der Waals surface area (Å²) in [4.78, 5) is 13.5. The first-order chi connectivity index (χ1) is 6.68. The van der Waals surface area contributed by atoms with E-state index in [9.17, 15) is 4.79 Å². The van der Waals surface area contributed by atoms with E-state index in [1.54, 1.807) is 11.9 Å². The van der Waals surface area contributed by atoms with Crippen LogP contribution in [0.25, 0.3) is 0 Å². The Morgan fingerprint density at radius 3 is 3.00 bits per heavy atom. The maximum atomic E-state index is 12.0. The van der Waals surface area contributed by atoms with Crippen LogP contribution in [0.15, 0.2) is 12.2 Å². The fraction of sp³-hybridized carbons (Fsp3) is 0.600. The van der Waals surface area contributed by atoms with Gasteiger partial charge in [-0.3, -0.25) is 9.69 Å². The fourth-order valence-corrected chi connectivity index (χ4v) is 3.14. The number of hydrogen-bond acceptors (Lipinski definition) is 2. The van der Waals surface area contributed by atoms with Crippen molar-refractivity contribution in [2.75, 3.05) is 7.05 Å². The molecule has 4 heteroatoms. The Morgan fingerprint density at radius 1 is 1.50 bits per heavy atom. The van der Waals surface area contributed by atoms with Crippen LogP contribution in [0, 0.1) is 17.8 Å². The van der Waals surface area contributed by atoms with Gasteiger partial charge in [-0.05, 0) is 30.5 Å². The van der Waals surface area contributed by atoms with Crippen molar-refractivity contribution >= 4 is 23.2 Å². The van der Waals surface area contributed by atoms with Crippen LogP contribution in [0.5, 0.6) is 0 Å². The van der Waals surface area contributed by atoms with Crippen molar-refractivity contribution in [3.63, 3.8) is 0 Å². The molecule has 1 aliphatic heterocycles. The molecule has 3 nitrogen and oxygen atoms in total. The number of hydrogen-bond donors (Lipinski definition) is 1. The maximum Gasteiger partial charge on any atom is 0.234 e. The van der Waals surface area contributed by atoms with E-state index in [-0.39, 0.29) is 17.9 Å². The van der Waals surface area contributed by atoms with E-state index < -0.39 is 0 Å². The second kappa shape index (κ2) is 2.57. The summed E-state index contributed by atoms with van der Waals surface area (Å²) in [5.41, 5.74) is 0. The number of fused-ring (bicyclic) bond motifs is 5. The highest BCUT2D eigenvalue weighted by Gasteiger charge is 2.52. The SMILES string of the molecule is CN1C(=O)C2C3C=CC(C3)C2NC1=S. The first-order valence-electron chi connectivity index (χ1n) is 4.95. The lowest BCUT2D eigenvalue weighted by molar-refractivity contribution is -0.133. The second-order valence-electron chi connectivity index (χ2n) is 4.35. The number of carbonyl (C=O) groups excluding carboxylic acids is 1. The van der Waals surface area contributed by atoms with Gasteiger partial charge in [0.25, 0.3) is 0 Å². The van der Waals surface area contributed by atoms with Crippen LogP contribution < -0.4 is 5.32 Å². The van der Waals surface area contributed by atoms with Crippen molar-refractivity contribution in [3.8, 4) is 0 Å². The zero-order chi connectivity index (χ0) is 9.87. The van der Waals surface area contributed by atoms with E-state index >= 15 is 0 Å². The zero-order valence-electron chi connectivity index (χ0n) is 7.93. The number of allylic oxidation sites excluding steroid dienone is 1. The van der Waals surface area contributed by atoms with Crippen LogP contribution in [0.1, 0.15) is 6.42 Å². The molecule has 4 unspecified atom stereocenters. The number of nitrogens with one attached hydrogen (secondary N) is 1. The highest BCUT2D eigenvalue weighted by molar-refractivity contribution is 7.80. The molecule has 0 aromatic rings. The van der Waals surface area contributed by atoms with Crippen molar-refractivity contribution in [3.05, 3.63) is 12.2 Å². The van der Waals surface area contributed by atoms with E-state index in [4.69, 9.17) is 12.2 Å². The molecule has 4 atom stereocenters. The van der Waals surface area contributed by atoms with Gasteiger partial charge in [0.05, 0.1) is 5.92 Å². The monoisotopic (exact) mass is 208 g/mol. The predicted octanol–water partition coefficient (Wildman–Crippen LogP) is 0.524. The van der Waals surface area contributed by atoms with E-state index in [0.29, 0.717) is 16.9 Å². The standard InChI is InChI=1S/C10H12N2OS/c1-12-9(13)7-5-2-3-6(4-5)8(7)11-10(12)14/h2-3,5-8H,4H2,1H3,(H,11,14). The third-order valence-electron chi connectivity index (χ3n) is 3.67. The van der Waals surface area contributed by atoms with Crippen LogP contribution in [0.3, 0.4) is 0 Å². The molecule has 2 bridgehead atoms. The van der Waals surface area contributed by atoms with Crippen LogP contribution in [0.2, 0.25) is 0 Å². The lowest BCUT2D eigenvalue weighted by Gasteiger charge is -2.38. The minimum atomic E-state index is 0.127. The van der Waals surface area contributed by atoms with E-state index in [0.717, 1.165) is 6.42 Å². The molecule has 0 spiro atoms. The molecule has 0 aromatic carbocycles. The Balaban J connectivity index is 1.99. The Hall–Kier alpha value is -0.900. The van der Waals surface area contributed by atoms with Gasteiger partial charge in [-0.15, -0.1) is 0 Å². The van der Waals surface area contributed by atoms with Gasteiger partial charge in [0.1, 0.15) is 0 Å². The van der Waals surface area contributed by atoms with Gasteiger partial charge in [-0.25, -0.2) is 0 Å². The van der Waals surface area contributed by atoms with Crippen molar-refractivity contribution < 1.29 is 4.79 Å². The van der Waals surface area contributed by atoms with Gasteiger partial charge in [-0.2, -0.15) is 0 Å². The van der Waals surface area contributed by atoms with Gasteiger partial charge >= 0.3 is 0 Å². The summed E-state index contributed by atoms with van der Waals surface area (Å²) >= 11 is 5.12. The molecule has 74 valence electrons. The molecule has 2 aliphatic carbocycles. The summed E-state index contributed by atoms with van der Waals surface area (Å²) in [5, 5.41) is 3.86. The van der Waals surface area contributed by atoms with Crippen LogP contribution in [-0.2, 0) is 4.79 Å². The first kappa shape index (κ1) is 8.41. The van der Waals surface area contributed by atoms with Crippen molar-refractivity contribution in [1.29, 1.82) is 0 Å². The average molecular weight is 208 g/mol. The molecule has 0 aromatic heterocycles. The molecular formula is C10H12N2OS. The van der Waals surface area contributed by atoms with Crippen molar-refractivity contribution in [2.24, 2.45) is 17.8 Å². The third-order valence-corrected chi connectivity index (χ3v) is 4.06. The summed E-state index contributed by atoms with van der Waals surface area (Å²) in [7, 11) is 1.75. The van der Waals surface area contributed by atoms with Crippen LogP contribution in [-0.4, -0.2) is 29.0 Å². The van der Waals surface area contributed by atoms with Gasteiger partial charge in [0, 0.05) is 13.1 Å². The Bertz CT molecular complexity index is 352. The fourth-order valence-electron chi connectivity index (χ4n) is 2.92. The second-order valence-corrected chi connectivity index (χ2v) is 4.73. The smallest absolute Gasteiger partial charge is 0.234 e. The number of amides is 1. The van der Waals surface area contributed by atoms with Crippen LogP contribution in [0.4, 0.5) is 0 Å². The molecule has 2 fully saturated rings. The summed E-state index contributed by atoms with van der Waals surface area (Å²) in [6, 6.07) is 0.265. The maximum absolute atomic E-state index is 12.0. The minimum absolute atomic E-state index is 0.127. The highest BCUT2D eigenvalue weighted by Crippen LogP contribution is 2.45. The molecule has 1 saturated heterocycles. The summed E-state index contributed by atoms with van der Waals surface area (Å²) < 4.78 is 0. The molecule has 1 heterocycles. The predicted molar refractivity (Wildman–Crippen MR) is 56.5 cm³/mol. The minimum Gasteiger partial charge on any atom is -0.358 e. The van der Waals surface area contributed by atoms with Gasteiger partial charge in [-0.1, -0.05) is 12.2 Å². The third kappa shape index (κ3) is 0.869. The molecule has 1 N–H and O–H groups in total. The lowest BCUT2D eigenvalue weighted by atomic mass is 9.86. The Kier molecular flexibility index (Phi) is 1.54. The van der Waals surface area contributed by atoms with E-state index in [1.807, 2.05) is 0 Å². The number of nitrogens with zero attached hydrogens (tertiary/aromatic N) is 1. The van der Waals surface area contributed by atoms with Crippen LogP contribution >= 0.6 is 12.2 Å². The van der Waals surface area contributed by atoms with Crippen molar-refractivity contribution in [1.82, 2.24) is 10.2 Å². The van der Waals surface area contributed by atoms with E-state index in [2.05, 4.69) is 17.5 Å². The summed E-state index contributed by atoms with van der Waals surface area (Å²) in [5.74, 6) is 1.27. The highest BCUT2D eigenvalue weighted by atomic mass is 32.1. The van der Waals surface area contributed by atoms with Crippen molar-refractivity contribution in [2.45, 2.75) is 12.5 Å². The molecule has 0 radical (unpaired) electrons. The quantitative estimate of drug-likeness (QED) is 0.465. The molecular weight excluding hydrogens is 196 g/mol. The zero-order valence-corrected chi connectivity index (χ0v) is 8.75. The van der Waals surface area contributed by atoms with Gasteiger partial charge in [0.15, 0.2) is 5.11 Å². The van der Waals surface area contributed by atoms with E-state index in [1.165, 1.54) is 0 Å².